The zero-order valence-electron chi connectivity index (χ0n) is 8.09. The summed E-state index contributed by atoms with van der Waals surface area (Å²) in [5.74, 6) is -2.03. The zero-order valence-corrected chi connectivity index (χ0v) is 8.09. The van der Waals surface area contributed by atoms with Crippen LogP contribution in [-0.2, 0) is 5.60 Å². The molecule has 0 spiro atoms. The van der Waals surface area contributed by atoms with Gasteiger partial charge in [0.2, 0.25) is 0 Å². The van der Waals surface area contributed by atoms with Gasteiger partial charge in [-0.1, -0.05) is 12.1 Å². The number of benzene rings is 1. The van der Waals surface area contributed by atoms with Crippen LogP contribution in [0.15, 0.2) is 18.2 Å². The van der Waals surface area contributed by atoms with Gasteiger partial charge in [0, 0.05) is 11.6 Å². The number of aliphatic hydroxyl groups is 1. The summed E-state index contributed by atoms with van der Waals surface area (Å²) in [6.07, 6.45) is 0. The molecule has 4 heteroatoms. The summed E-state index contributed by atoms with van der Waals surface area (Å²) in [7, 11) is 0. The topological polar surface area (TPSA) is 46.2 Å². The summed E-state index contributed by atoms with van der Waals surface area (Å²) in [5, 5.41) is 9.84. The molecule has 0 aliphatic carbocycles. The fraction of sp³-hybridized carbons (Fsp3) is 0.400. The second-order valence-electron chi connectivity index (χ2n) is 3.54. The summed E-state index contributed by atoms with van der Waals surface area (Å²) in [6, 6.07) is 2.97. The van der Waals surface area contributed by atoms with Crippen molar-refractivity contribution in [3.63, 3.8) is 0 Å². The van der Waals surface area contributed by atoms with Crippen molar-refractivity contribution < 1.29 is 13.9 Å². The average molecular weight is 201 g/mol. The second-order valence-corrected chi connectivity index (χ2v) is 3.54. The van der Waals surface area contributed by atoms with Gasteiger partial charge >= 0.3 is 0 Å². The van der Waals surface area contributed by atoms with Crippen LogP contribution >= 0.6 is 0 Å². The summed E-state index contributed by atoms with van der Waals surface area (Å²) in [4.78, 5) is 0. The molecule has 2 nitrogen and oxygen atoms in total. The van der Waals surface area contributed by atoms with Crippen molar-refractivity contribution in [3.05, 3.63) is 35.4 Å². The fourth-order valence-electron chi connectivity index (χ4n) is 1.14. The lowest BCUT2D eigenvalue weighted by atomic mass is 9.89. The Bertz CT molecular complexity index is 337. The van der Waals surface area contributed by atoms with Gasteiger partial charge in [0.05, 0.1) is 0 Å². The van der Waals surface area contributed by atoms with Crippen LogP contribution in [-0.4, -0.2) is 11.1 Å². The van der Waals surface area contributed by atoms with Gasteiger partial charge in [0.15, 0.2) is 11.6 Å². The van der Waals surface area contributed by atoms with E-state index in [1.165, 1.54) is 26.0 Å². The Kier molecular flexibility index (Phi) is 2.87. The molecule has 0 bridgehead atoms. The predicted molar refractivity (Wildman–Crippen MR) is 49.6 cm³/mol. The van der Waals surface area contributed by atoms with E-state index in [9.17, 15) is 13.9 Å². The van der Waals surface area contributed by atoms with Crippen LogP contribution in [0.3, 0.4) is 0 Å². The molecule has 0 fully saturated rings. The molecule has 1 aromatic rings. The quantitative estimate of drug-likeness (QED) is 0.762. The van der Waals surface area contributed by atoms with E-state index in [0.29, 0.717) is 0 Å². The van der Waals surface area contributed by atoms with E-state index in [4.69, 9.17) is 5.73 Å². The second kappa shape index (κ2) is 3.63. The number of nitrogens with two attached hydrogens (primary N) is 1. The molecule has 0 aromatic heterocycles. The van der Waals surface area contributed by atoms with E-state index >= 15 is 0 Å². The molecule has 2 atom stereocenters. The molecule has 0 saturated heterocycles. The van der Waals surface area contributed by atoms with Crippen LogP contribution in [0, 0.1) is 11.6 Å². The van der Waals surface area contributed by atoms with E-state index in [2.05, 4.69) is 0 Å². The monoisotopic (exact) mass is 201 g/mol. The first-order valence-electron chi connectivity index (χ1n) is 4.29. The highest BCUT2D eigenvalue weighted by molar-refractivity contribution is 5.26. The van der Waals surface area contributed by atoms with Gasteiger partial charge in [-0.15, -0.1) is 0 Å². The Morgan fingerprint density at radius 2 is 2.00 bits per heavy atom. The van der Waals surface area contributed by atoms with Crippen molar-refractivity contribution >= 4 is 0 Å². The number of rotatable bonds is 2. The van der Waals surface area contributed by atoms with Crippen LogP contribution in [0.1, 0.15) is 19.4 Å². The third-order valence-corrected chi connectivity index (χ3v) is 2.38. The van der Waals surface area contributed by atoms with Crippen molar-refractivity contribution in [2.45, 2.75) is 25.5 Å². The Balaban J connectivity index is 3.26. The summed E-state index contributed by atoms with van der Waals surface area (Å²) < 4.78 is 26.1. The van der Waals surface area contributed by atoms with Gasteiger partial charge in [-0.3, -0.25) is 0 Å². The van der Waals surface area contributed by atoms with Gasteiger partial charge in [0.1, 0.15) is 5.60 Å². The molecule has 0 aliphatic rings. The van der Waals surface area contributed by atoms with Gasteiger partial charge in [-0.25, -0.2) is 8.78 Å². The molecule has 3 N–H and O–H groups in total. The maximum absolute atomic E-state index is 13.3. The lowest BCUT2D eigenvalue weighted by Gasteiger charge is -2.28. The van der Waals surface area contributed by atoms with Crippen LogP contribution in [0.5, 0.6) is 0 Å². The number of halogens is 2. The minimum Gasteiger partial charge on any atom is -0.384 e. The Labute approximate surface area is 81.4 Å². The SMILES string of the molecule is CC(N)C(C)(O)c1cccc(F)c1F. The molecule has 0 radical (unpaired) electrons. The van der Waals surface area contributed by atoms with Gasteiger partial charge < -0.3 is 10.8 Å². The first kappa shape index (κ1) is 11.1. The molecule has 0 saturated carbocycles. The number of hydrogen-bond acceptors (Lipinski definition) is 2. The van der Waals surface area contributed by atoms with Gasteiger partial charge in [-0.2, -0.15) is 0 Å². The minimum absolute atomic E-state index is 0.118. The van der Waals surface area contributed by atoms with Crippen molar-refractivity contribution in [3.8, 4) is 0 Å². The summed E-state index contributed by atoms with van der Waals surface area (Å²) in [5.41, 5.74) is 3.80. The molecule has 0 heterocycles. The van der Waals surface area contributed by atoms with Gasteiger partial charge in [0.25, 0.3) is 0 Å². The maximum atomic E-state index is 13.3. The van der Waals surface area contributed by atoms with Crippen LogP contribution in [0.4, 0.5) is 8.78 Å². The maximum Gasteiger partial charge on any atom is 0.164 e. The Morgan fingerprint density at radius 1 is 1.43 bits per heavy atom. The predicted octanol–water partition coefficient (Wildman–Crippen LogP) is 1.52. The summed E-state index contributed by atoms with van der Waals surface area (Å²) >= 11 is 0. The van der Waals surface area contributed by atoms with Crippen LogP contribution in [0.25, 0.3) is 0 Å². The largest absolute Gasteiger partial charge is 0.384 e. The van der Waals surface area contributed by atoms with E-state index in [0.717, 1.165) is 6.07 Å². The normalized spacial score (nSPS) is 17.6. The zero-order chi connectivity index (χ0) is 10.9. The average Bonchev–Trinajstić information content (AvgIpc) is 2.09. The van der Waals surface area contributed by atoms with Crippen molar-refractivity contribution in [1.82, 2.24) is 0 Å². The Morgan fingerprint density at radius 3 is 2.50 bits per heavy atom. The molecule has 2 unspecified atom stereocenters. The van der Waals surface area contributed by atoms with E-state index in [-0.39, 0.29) is 5.56 Å². The lowest BCUT2D eigenvalue weighted by Crippen LogP contribution is -2.41. The van der Waals surface area contributed by atoms with E-state index in [1.807, 2.05) is 0 Å². The Hall–Kier alpha value is -1.00. The third-order valence-electron chi connectivity index (χ3n) is 2.38. The van der Waals surface area contributed by atoms with E-state index in [1.54, 1.807) is 0 Å². The number of hydrogen-bond donors (Lipinski definition) is 2. The standard InChI is InChI=1S/C10H13F2NO/c1-6(13)10(2,14)7-4-3-5-8(11)9(7)12/h3-6,14H,13H2,1-2H3. The molecular formula is C10H13F2NO. The highest BCUT2D eigenvalue weighted by atomic mass is 19.2. The first-order chi connectivity index (χ1) is 6.37. The molecule has 14 heavy (non-hydrogen) atoms. The van der Waals surface area contributed by atoms with Crippen molar-refractivity contribution in [2.24, 2.45) is 5.73 Å². The minimum atomic E-state index is -1.56. The fourth-order valence-corrected chi connectivity index (χ4v) is 1.14. The molecule has 1 rings (SSSR count). The highest BCUT2D eigenvalue weighted by Gasteiger charge is 2.31. The van der Waals surface area contributed by atoms with Crippen LogP contribution in [0.2, 0.25) is 0 Å². The molecule has 0 amide bonds. The van der Waals surface area contributed by atoms with Gasteiger partial charge in [-0.05, 0) is 19.9 Å². The summed E-state index contributed by atoms with van der Waals surface area (Å²) in [6.45, 7) is 2.89. The lowest BCUT2D eigenvalue weighted by molar-refractivity contribution is 0.0307. The molecule has 78 valence electrons. The molecule has 1 aromatic carbocycles. The smallest absolute Gasteiger partial charge is 0.164 e. The van der Waals surface area contributed by atoms with E-state index < -0.39 is 23.3 Å². The third kappa shape index (κ3) is 1.76. The van der Waals surface area contributed by atoms with Crippen molar-refractivity contribution in [1.29, 1.82) is 0 Å². The molecular weight excluding hydrogens is 188 g/mol. The highest BCUT2D eigenvalue weighted by Crippen LogP contribution is 2.26. The molecule has 0 aliphatic heterocycles. The van der Waals surface area contributed by atoms with Crippen LogP contribution < -0.4 is 5.73 Å². The van der Waals surface area contributed by atoms with Crippen molar-refractivity contribution in [2.75, 3.05) is 0 Å². The first-order valence-corrected chi connectivity index (χ1v) is 4.29.